The molecule has 1 aromatic rings. The van der Waals surface area contributed by atoms with Crippen LogP contribution in [0, 0.1) is 0 Å². The van der Waals surface area contributed by atoms with Crippen molar-refractivity contribution in [2.45, 2.75) is 0 Å². The fourth-order valence-electron chi connectivity index (χ4n) is 0.485. The normalized spacial score (nSPS) is 9.42. The van der Waals surface area contributed by atoms with Crippen molar-refractivity contribution in [3.63, 3.8) is 0 Å². The number of methoxy groups -OCH3 is 1. The van der Waals surface area contributed by atoms with E-state index in [-0.39, 0.29) is 10.8 Å². The molecule has 0 aliphatic carbocycles. The van der Waals surface area contributed by atoms with E-state index in [0.717, 1.165) is 0 Å². The Bertz CT molecular complexity index is 321. The molecule has 0 aliphatic rings. The molecule has 0 atom stereocenters. The van der Waals surface area contributed by atoms with Crippen LogP contribution in [0.25, 0.3) is 0 Å². The van der Waals surface area contributed by atoms with E-state index in [1.54, 1.807) is 0 Å². The number of carboxylic acid groups (broad SMARTS) is 1. The van der Waals surface area contributed by atoms with Gasteiger partial charge in [0.05, 0.1) is 7.11 Å². The lowest BCUT2D eigenvalue weighted by Gasteiger charge is -1.88. The summed E-state index contributed by atoms with van der Waals surface area (Å²) < 4.78 is 7.76. The van der Waals surface area contributed by atoms with Gasteiger partial charge in [-0.05, 0) is 11.5 Å². The summed E-state index contributed by atoms with van der Waals surface area (Å²) in [6, 6.07) is 0. The highest BCUT2D eigenvalue weighted by Crippen LogP contribution is 2.04. The van der Waals surface area contributed by atoms with Crippen LogP contribution < -0.4 is 0 Å². The van der Waals surface area contributed by atoms with Crippen molar-refractivity contribution in [2.24, 2.45) is 0 Å². The van der Waals surface area contributed by atoms with Gasteiger partial charge in [-0.15, -0.1) is 0 Å². The Kier molecular flexibility index (Phi) is 2.34. The van der Waals surface area contributed by atoms with E-state index < -0.39 is 11.9 Å². The van der Waals surface area contributed by atoms with Crippen LogP contribution in [-0.2, 0) is 4.74 Å². The van der Waals surface area contributed by atoms with Crippen LogP contribution >= 0.6 is 11.5 Å². The Morgan fingerprint density at radius 1 is 1.58 bits per heavy atom. The minimum atomic E-state index is -1.21. The van der Waals surface area contributed by atoms with Gasteiger partial charge in [-0.3, -0.25) is 0 Å². The molecule has 0 radical (unpaired) electrons. The predicted molar refractivity (Wildman–Crippen MR) is 38.2 cm³/mol. The Morgan fingerprint density at radius 2 is 2.25 bits per heavy atom. The summed E-state index contributed by atoms with van der Waals surface area (Å²) in [7, 11) is 1.17. The first-order chi connectivity index (χ1) is 5.65. The fourth-order valence-corrected chi connectivity index (χ4v) is 0.978. The molecule has 0 saturated heterocycles. The number of hydrogen-bond donors (Lipinski definition) is 1. The Hall–Kier alpha value is -1.50. The van der Waals surface area contributed by atoms with Crippen LogP contribution in [0.15, 0.2) is 0 Å². The zero-order valence-electron chi connectivity index (χ0n) is 5.97. The van der Waals surface area contributed by atoms with Gasteiger partial charge in [0.25, 0.3) is 5.82 Å². The third kappa shape index (κ3) is 1.56. The van der Waals surface area contributed by atoms with E-state index in [0.29, 0.717) is 11.5 Å². The van der Waals surface area contributed by atoms with E-state index in [1.807, 2.05) is 0 Å². The summed E-state index contributed by atoms with van der Waals surface area (Å²) >= 11 is 0.640. The monoisotopic (exact) mass is 188 g/mol. The van der Waals surface area contributed by atoms with E-state index >= 15 is 0 Å². The molecule has 0 spiro atoms. The second kappa shape index (κ2) is 3.26. The van der Waals surface area contributed by atoms with Gasteiger partial charge in [0.15, 0.2) is 0 Å². The molecular weight excluding hydrogens is 184 g/mol. The molecule has 6 nitrogen and oxygen atoms in total. The molecule has 1 rings (SSSR count). The molecular formula is C5H4N2O4S. The molecule has 7 heteroatoms. The van der Waals surface area contributed by atoms with Gasteiger partial charge < -0.3 is 9.84 Å². The first kappa shape index (κ1) is 8.60. The average Bonchev–Trinajstić information content (AvgIpc) is 2.51. The van der Waals surface area contributed by atoms with Gasteiger partial charge in [0, 0.05) is 0 Å². The molecule has 0 fully saturated rings. The largest absolute Gasteiger partial charge is 0.476 e. The summed E-state index contributed by atoms with van der Waals surface area (Å²) in [6.07, 6.45) is 0. The smallest absolute Gasteiger partial charge is 0.377 e. The third-order valence-electron chi connectivity index (χ3n) is 0.977. The van der Waals surface area contributed by atoms with Crippen molar-refractivity contribution in [3.05, 3.63) is 10.8 Å². The molecule has 0 bridgehead atoms. The Labute approximate surface area is 71.0 Å². The molecule has 0 unspecified atom stereocenters. The molecule has 0 saturated carbocycles. The maximum Gasteiger partial charge on any atom is 0.377 e. The van der Waals surface area contributed by atoms with Crippen molar-refractivity contribution >= 4 is 23.5 Å². The molecule has 12 heavy (non-hydrogen) atoms. The number of aromatic nitrogens is 2. The average molecular weight is 188 g/mol. The number of carbonyl (C=O) groups is 2. The lowest BCUT2D eigenvalue weighted by molar-refractivity contribution is 0.0588. The van der Waals surface area contributed by atoms with E-state index in [2.05, 4.69) is 14.1 Å². The predicted octanol–water partition coefficient (Wildman–Crippen LogP) is 0.0229. The Morgan fingerprint density at radius 3 is 2.67 bits per heavy atom. The highest BCUT2D eigenvalue weighted by Gasteiger charge is 2.16. The molecule has 0 aliphatic heterocycles. The second-order valence-electron chi connectivity index (χ2n) is 1.72. The van der Waals surface area contributed by atoms with E-state index in [4.69, 9.17) is 5.11 Å². The van der Waals surface area contributed by atoms with Crippen LogP contribution in [0.2, 0.25) is 0 Å². The highest BCUT2D eigenvalue weighted by molar-refractivity contribution is 7.07. The lowest BCUT2D eigenvalue weighted by Crippen LogP contribution is -2.04. The van der Waals surface area contributed by atoms with Gasteiger partial charge in [0.2, 0.25) is 5.01 Å². The summed E-state index contributed by atoms with van der Waals surface area (Å²) in [5.74, 6) is -2.17. The third-order valence-corrected chi connectivity index (χ3v) is 1.68. The fraction of sp³-hybridized carbons (Fsp3) is 0.200. The highest BCUT2D eigenvalue weighted by atomic mass is 32.1. The van der Waals surface area contributed by atoms with Crippen LogP contribution in [0.1, 0.15) is 20.4 Å². The van der Waals surface area contributed by atoms with E-state index in [9.17, 15) is 9.59 Å². The minimum absolute atomic E-state index is 0.222. The van der Waals surface area contributed by atoms with Crippen molar-refractivity contribution in [2.75, 3.05) is 7.11 Å². The molecule has 1 heterocycles. The maximum atomic E-state index is 10.7. The molecule has 1 aromatic heterocycles. The number of nitrogens with zero attached hydrogens (tertiary/aromatic N) is 2. The van der Waals surface area contributed by atoms with Crippen LogP contribution in [-0.4, -0.2) is 33.5 Å². The lowest BCUT2D eigenvalue weighted by atomic mass is 10.6. The SMILES string of the molecule is COC(=O)c1nsc(C(=O)O)n1. The number of hydrogen-bond acceptors (Lipinski definition) is 6. The number of ether oxygens (including phenoxy) is 1. The van der Waals surface area contributed by atoms with Crippen molar-refractivity contribution in [3.8, 4) is 0 Å². The van der Waals surface area contributed by atoms with Crippen LogP contribution in [0.5, 0.6) is 0 Å². The zero-order valence-corrected chi connectivity index (χ0v) is 6.79. The number of esters is 1. The quantitative estimate of drug-likeness (QED) is 0.658. The van der Waals surface area contributed by atoms with Gasteiger partial charge in [0.1, 0.15) is 0 Å². The number of carboxylic acids is 1. The van der Waals surface area contributed by atoms with Gasteiger partial charge in [-0.25, -0.2) is 14.6 Å². The van der Waals surface area contributed by atoms with Crippen molar-refractivity contribution in [1.29, 1.82) is 0 Å². The molecule has 0 aromatic carbocycles. The summed E-state index contributed by atoms with van der Waals surface area (Å²) in [4.78, 5) is 24.4. The van der Waals surface area contributed by atoms with Gasteiger partial charge in [-0.1, -0.05) is 0 Å². The topological polar surface area (TPSA) is 89.4 Å². The molecule has 0 amide bonds. The second-order valence-corrected chi connectivity index (χ2v) is 2.47. The summed E-state index contributed by atoms with van der Waals surface area (Å²) in [5.41, 5.74) is 0. The zero-order chi connectivity index (χ0) is 9.14. The van der Waals surface area contributed by atoms with Crippen LogP contribution in [0.4, 0.5) is 0 Å². The van der Waals surface area contributed by atoms with Crippen molar-refractivity contribution < 1.29 is 19.4 Å². The summed E-state index contributed by atoms with van der Waals surface area (Å²) in [6.45, 7) is 0. The van der Waals surface area contributed by atoms with Gasteiger partial charge >= 0.3 is 11.9 Å². The number of carbonyl (C=O) groups excluding carboxylic acids is 1. The van der Waals surface area contributed by atoms with Gasteiger partial charge in [-0.2, -0.15) is 4.37 Å². The number of aromatic carboxylic acids is 1. The maximum absolute atomic E-state index is 10.7. The van der Waals surface area contributed by atoms with Crippen LogP contribution in [0.3, 0.4) is 0 Å². The Balaban J connectivity index is 2.91. The van der Waals surface area contributed by atoms with E-state index in [1.165, 1.54) is 7.11 Å². The summed E-state index contributed by atoms with van der Waals surface area (Å²) in [5, 5.41) is 8.18. The number of rotatable bonds is 2. The standard InChI is InChI=1S/C5H4N2O4S/c1-11-5(10)2-6-3(4(8)9)12-7-2/h1H3,(H,8,9). The molecule has 1 N–H and O–H groups in total. The molecule has 64 valence electrons. The first-order valence-corrected chi connectivity index (χ1v) is 3.58. The minimum Gasteiger partial charge on any atom is -0.476 e. The van der Waals surface area contributed by atoms with Crippen molar-refractivity contribution in [1.82, 2.24) is 9.36 Å². The first-order valence-electron chi connectivity index (χ1n) is 2.80.